The predicted octanol–water partition coefficient (Wildman–Crippen LogP) is 2.61. The van der Waals surface area contributed by atoms with E-state index in [1.165, 1.54) is 0 Å². The summed E-state index contributed by atoms with van der Waals surface area (Å²) in [6, 6.07) is 14.5. The number of hydrogen-bond acceptors (Lipinski definition) is 4. The summed E-state index contributed by atoms with van der Waals surface area (Å²) in [5, 5.41) is 3.12. The summed E-state index contributed by atoms with van der Waals surface area (Å²) in [6.07, 6.45) is 1.07. The molecule has 2 aromatic rings. The first-order valence-electron chi connectivity index (χ1n) is 8.40. The molecule has 0 aliphatic carbocycles. The van der Waals surface area contributed by atoms with Crippen LogP contribution in [0.5, 0.6) is 5.75 Å². The monoisotopic (exact) mass is 410 g/mol. The molecular formula is C19H23ClN2O4S. The summed E-state index contributed by atoms with van der Waals surface area (Å²) in [5.74, 6) is 0.320. The van der Waals surface area contributed by atoms with Gasteiger partial charge in [0.2, 0.25) is 15.9 Å². The highest BCUT2D eigenvalue weighted by Crippen LogP contribution is 2.18. The van der Waals surface area contributed by atoms with Crippen molar-refractivity contribution < 1.29 is 17.9 Å². The fourth-order valence-electron chi connectivity index (χ4n) is 2.39. The van der Waals surface area contributed by atoms with E-state index in [0.29, 0.717) is 17.2 Å². The molecule has 0 heterocycles. The normalized spacial score (nSPS) is 11.4. The first-order chi connectivity index (χ1) is 12.8. The number of halogens is 1. The van der Waals surface area contributed by atoms with E-state index < -0.39 is 15.9 Å². The van der Waals surface area contributed by atoms with Gasteiger partial charge in [0, 0.05) is 11.6 Å². The van der Waals surface area contributed by atoms with E-state index in [1.54, 1.807) is 24.3 Å². The lowest BCUT2D eigenvalue weighted by atomic mass is 10.2. The fraction of sp³-hybridized carbons (Fsp3) is 0.316. The van der Waals surface area contributed by atoms with Crippen molar-refractivity contribution in [3.63, 3.8) is 0 Å². The Bertz CT molecular complexity index is 887. The van der Waals surface area contributed by atoms with Gasteiger partial charge < -0.3 is 10.1 Å². The first kappa shape index (κ1) is 21.2. The molecule has 6 nitrogen and oxygen atoms in total. The van der Waals surface area contributed by atoms with Gasteiger partial charge in [-0.25, -0.2) is 8.42 Å². The highest BCUT2D eigenvalue weighted by Gasteiger charge is 2.21. The van der Waals surface area contributed by atoms with Crippen molar-refractivity contribution in [2.24, 2.45) is 0 Å². The van der Waals surface area contributed by atoms with Gasteiger partial charge in [-0.15, -0.1) is 0 Å². The number of sulfonamides is 1. The lowest BCUT2D eigenvalue weighted by Crippen LogP contribution is -2.41. The number of nitrogens with one attached hydrogen (secondary N) is 1. The second kappa shape index (κ2) is 9.73. The zero-order valence-electron chi connectivity index (χ0n) is 15.3. The molecule has 0 fully saturated rings. The number of rotatable bonds is 9. The van der Waals surface area contributed by atoms with Crippen molar-refractivity contribution in [1.82, 2.24) is 9.62 Å². The van der Waals surface area contributed by atoms with Crippen LogP contribution in [0.1, 0.15) is 11.1 Å². The third-order valence-corrected chi connectivity index (χ3v) is 5.34. The largest absolute Gasteiger partial charge is 0.492 e. The minimum Gasteiger partial charge on any atom is -0.492 e. The number of benzene rings is 2. The van der Waals surface area contributed by atoms with Crippen LogP contribution in [0.15, 0.2) is 48.5 Å². The van der Waals surface area contributed by atoms with Crippen molar-refractivity contribution in [2.75, 3.05) is 26.0 Å². The van der Waals surface area contributed by atoms with Crippen LogP contribution >= 0.6 is 11.6 Å². The summed E-state index contributed by atoms with van der Waals surface area (Å²) in [4.78, 5) is 12.1. The molecule has 0 unspecified atom stereocenters. The smallest absolute Gasteiger partial charge is 0.235 e. The Balaban J connectivity index is 1.86. The molecule has 27 heavy (non-hydrogen) atoms. The van der Waals surface area contributed by atoms with E-state index >= 15 is 0 Å². The summed E-state index contributed by atoms with van der Waals surface area (Å²) >= 11 is 6.09. The number of hydrogen-bond donors (Lipinski definition) is 1. The minimum absolute atomic E-state index is 0.0335. The zero-order valence-corrected chi connectivity index (χ0v) is 16.9. The van der Waals surface area contributed by atoms with Crippen LogP contribution < -0.4 is 10.1 Å². The summed E-state index contributed by atoms with van der Waals surface area (Å²) in [6.45, 7) is 2.28. The second-order valence-electron chi connectivity index (χ2n) is 6.14. The van der Waals surface area contributed by atoms with Crippen LogP contribution in [0.2, 0.25) is 5.02 Å². The molecule has 0 radical (unpaired) electrons. The van der Waals surface area contributed by atoms with Gasteiger partial charge in [0.15, 0.2) is 0 Å². The van der Waals surface area contributed by atoms with Crippen molar-refractivity contribution in [3.8, 4) is 5.75 Å². The number of carbonyl (C=O) groups excluding carboxylic acids is 1. The summed E-state index contributed by atoms with van der Waals surface area (Å²) in [5.41, 5.74) is 1.72. The van der Waals surface area contributed by atoms with E-state index in [4.69, 9.17) is 16.3 Å². The molecule has 0 aliphatic heterocycles. The minimum atomic E-state index is -3.57. The molecule has 8 heteroatoms. The van der Waals surface area contributed by atoms with Gasteiger partial charge in [0.05, 0.1) is 19.3 Å². The molecule has 2 aromatic carbocycles. The third kappa shape index (κ3) is 7.21. The molecular weight excluding hydrogens is 388 g/mol. The quantitative estimate of drug-likeness (QED) is 0.645. The molecule has 0 aromatic heterocycles. The number of carbonyl (C=O) groups is 1. The number of aryl methyl sites for hydroxylation is 1. The van der Waals surface area contributed by atoms with Crippen molar-refractivity contribution in [3.05, 3.63) is 64.7 Å². The Morgan fingerprint density at radius 3 is 2.59 bits per heavy atom. The molecule has 1 amide bonds. The Hall–Kier alpha value is -2.09. The average molecular weight is 411 g/mol. The number of nitrogens with zero attached hydrogens (tertiary/aromatic N) is 1. The third-order valence-electron chi connectivity index (χ3n) is 3.78. The lowest BCUT2D eigenvalue weighted by Gasteiger charge is -2.20. The van der Waals surface area contributed by atoms with Crippen LogP contribution in [0.25, 0.3) is 0 Å². The molecule has 0 atom stereocenters. The van der Waals surface area contributed by atoms with E-state index in [-0.39, 0.29) is 19.6 Å². The van der Waals surface area contributed by atoms with Crippen LogP contribution in [0.3, 0.4) is 0 Å². The van der Waals surface area contributed by atoms with Crippen LogP contribution in [-0.4, -0.2) is 44.6 Å². The molecule has 146 valence electrons. The first-order valence-corrected chi connectivity index (χ1v) is 10.6. The molecule has 0 saturated heterocycles. The number of amides is 1. The maximum atomic E-state index is 12.1. The Kier molecular flexibility index (Phi) is 7.65. The molecule has 2 rings (SSSR count). The maximum absolute atomic E-state index is 12.1. The summed E-state index contributed by atoms with van der Waals surface area (Å²) < 4.78 is 30.7. The van der Waals surface area contributed by atoms with Gasteiger partial charge in [-0.3, -0.25) is 4.79 Å². The molecule has 0 saturated carbocycles. The Morgan fingerprint density at radius 2 is 1.93 bits per heavy atom. The molecule has 0 bridgehead atoms. The zero-order chi connectivity index (χ0) is 19.9. The van der Waals surface area contributed by atoms with Gasteiger partial charge in [0.1, 0.15) is 12.4 Å². The van der Waals surface area contributed by atoms with Crippen molar-refractivity contribution in [2.45, 2.75) is 13.5 Å². The molecule has 0 spiro atoms. The second-order valence-corrected chi connectivity index (χ2v) is 8.53. The van der Waals surface area contributed by atoms with E-state index in [0.717, 1.165) is 21.9 Å². The summed E-state index contributed by atoms with van der Waals surface area (Å²) in [7, 11) is -3.57. The van der Waals surface area contributed by atoms with Gasteiger partial charge >= 0.3 is 0 Å². The Morgan fingerprint density at radius 1 is 1.19 bits per heavy atom. The van der Waals surface area contributed by atoms with Crippen molar-refractivity contribution >= 4 is 27.5 Å². The maximum Gasteiger partial charge on any atom is 0.235 e. The molecule has 1 N–H and O–H groups in total. The fourth-order valence-corrected chi connectivity index (χ4v) is 3.31. The molecule has 0 aliphatic rings. The van der Waals surface area contributed by atoms with Crippen LogP contribution in [0, 0.1) is 6.92 Å². The van der Waals surface area contributed by atoms with E-state index in [2.05, 4.69) is 5.32 Å². The lowest BCUT2D eigenvalue weighted by molar-refractivity contribution is -0.121. The van der Waals surface area contributed by atoms with Gasteiger partial charge in [0.25, 0.3) is 0 Å². The Labute approximate surface area is 165 Å². The number of ether oxygens (including phenoxy) is 1. The van der Waals surface area contributed by atoms with Crippen molar-refractivity contribution in [1.29, 1.82) is 0 Å². The highest BCUT2D eigenvalue weighted by molar-refractivity contribution is 7.88. The highest BCUT2D eigenvalue weighted by atomic mass is 35.5. The average Bonchev–Trinajstić information content (AvgIpc) is 2.59. The van der Waals surface area contributed by atoms with Gasteiger partial charge in [-0.2, -0.15) is 4.31 Å². The topological polar surface area (TPSA) is 75.7 Å². The van der Waals surface area contributed by atoms with E-state index in [1.807, 2.05) is 31.2 Å². The van der Waals surface area contributed by atoms with Crippen LogP contribution in [-0.2, 0) is 21.4 Å². The van der Waals surface area contributed by atoms with Gasteiger partial charge in [-0.05, 0) is 36.2 Å². The van der Waals surface area contributed by atoms with E-state index in [9.17, 15) is 13.2 Å². The van der Waals surface area contributed by atoms with Crippen LogP contribution in [0.4, 0.5) is 0 Å². The van der Waals surface area contributed by atoms with Gasteiger partial charge in [-0.1, -0.05) is 41.9 Å². The SMILES string of the molecule is Cc1cccc(OCCNC(=O)CN(Cc2ccccc2Cl)S(C)(=O)=O)c1. The standard InChI is InChI=1S/C19H23ClN2O4S/c1-15-6-5-8-17(12-15)26-11-10-21-19(23)14-22(27(2,24)25)13-16-7-3-4-9-18(16)20/h3-9,12H,10-11,13-14H2,1-2H3,(H,21,23). The predicted molar refractivity (Wildman–Crippen MR) is 106 cm³/mol.